The van der Waals surface area contributed by atoms with Gasteiger partial charge in [0, 0.05) is 55.7 Å². The Labute approximate surface area is 167 Å². The average Bonchev–Trinajstić information content (AvgIpc) is 2.57. The van der Waals surface area contributed by atoms with Gasteiger partial charge in [0.15, 0.2) is 0 Å². The number of hydrogen-bond acceptors (Lipinski definition) is 6. The van der Waals surface area contributed by atoms with Crippen LogP contribution in [-0.4, -0.2) is 36.3 Å². The average molecular weight is 444 g/mol. The largest absolute Gasteiger partial charge is 0.326 e. The van der Waals surface area contributed by atoms with Crippen molar-refractivity contribution in [3.63, 3.8) is 0 Å². The fraction of sp³-hybridized carbons (Fsp3) is 1.00. The van der Waals surface area contributed by atoms with Crippen molar-refractivity contribution in [3.8, 4) is 0 Å². The zero-order valence-corrected chi connectivity index (χ0v) is 17.5. The molecule has 0 heterocycles. The third-order valence-electron chi connectivity index (χ3n) is 5.62. The topological polar surface area (TPSA) is 156 Å². The summed E-state index contributed by atoms with van der Waals surface area (Å²) in [7, 11) is 0. The molecule has 0 unspecified atom stereocenters. The summed E-state index contributed by atoms with van der Waals surface area (Å²) >= 11 is 0. The molecule has 12 N–H and O–H groups in total. The fourth-order valence-electron chi connectivity index (χ4n) is 3.56. The molecule has 3 saturated carbocycles. The van der Waals surface area contributed by atoms with Crippen molar-refractivity contribution in [2.24, 2.45) is 34.4 Å². The summed E-state index contributed by atoms with van der Waals surface area (Å²) in [5.41, 5.74) is 33.9. The smallest absolute Gasteiger partial charge is 0.0192 e. The molecule has 0 bridgehead atoms. The van der Waals surface area contributed by atoms with E-state index < -0.39 is 0 Å². The van der Waals surface area contributed by atoms with E-state index >= 15 is 0 Å². The van der Waals surface area contributed by atoms with Crippen molar-refractivity contribution in [1.29, 1.82) is 0 Å². The first-order valence-corrected chi connectivity index (χ1v) is 9.95. The minimum Gasteiger partial charge on any atom is -0.326 e. The van der Waals surface area contributed by atoms with Gasteiger partial charge in [-0.1, -0.05) is 38.5 Å². The molecule has 6 atom stereocenters. The molecular formula is C18H42N6Ru. The Bertz CT molecular complexity index is 242. The number of nitrogens with two attached hydrogens (primary N) is 6. The van der Waals surface area contributed by atoms with Crippen LogP contribution in [0.5, 0.6) is 0 Å². The summed E-state index contributed by atoms with van der Waals surface area (Å²) < 4.78 is 0. The van der Waals surface area contributed by atoms with Gasteiger partial charge in [0.2, 0.25) is 0 Å². The Morgan fingerprint density at radius 3 is 0.520 bits per heavy atom. The van der Waals surface area contributed by atoms with Crippen molar-refractivity contribution in [3.05, 3.63) is 0 Å². The van der Waals surface area contributed by atoms with E-state index in [1.165, 1.54) is 38.5 Å². The third kappa shape index (κ3) is 11.0. The third-order valence-corrected chi connectivity index (χ3v) is 5.62. The SMILES string of the molecule is N[C@@H]1CCCC[C@H]1N.N[C@@H]1CCCC[C@H]1N.N[C@@H]1CCCC[C@H]1N.[Ru]. The van der Waals surface area contributed by atoms with Gasteiger partial charge in [-0.3, -0.25) is 0 Å². The monoisotopic (exact) mass is 444 g/mol. The molecular weight excluding hydrogens is 401 g/mol. The van der Waals surface area contributed by atoms with Crippen LogP contribution < -0.4 is 34.4 Å². The molecule has 0 aliphatic heterocycles. The minimum atomic E-state index is 0. The standard InChI is InChI=1S/3C6H14N2.Ru/c3*7-5-3-1-2-4-6(5)8;/h3*5-6H,1-4,7-8H2;/t3*5-,6-;/m111./s1. The van der Waals surface area contributed by atoms with Crippen LogP contribution in [0.25, 0.3) is 0 Å². The van der Waals surface area contributed by atoms with Crippen molar-refractivity contribution >= 4 is 0 Å². The first kappa shape index (κ1) is 25.4. The maximum Gasteiger partial charge on any atom is 0.0192 e. The molecule has 0 saturated heterocycles. The molecule has 0 aromatic rings. The quantitative estimate of drug-likeness (QED) is 0.302. The van der Waals surface area contributed by atoms with Gasteiger partial charge < -0.3 is 34.4 Å². The zero-order chi connectivity index (χ0) is 17.9. The molecule has 3 aliphatic carbocycles. The van der Waals surface area contributed by atoms with Crippen molar-refractivity contribution in [2.75, 3.05) is 0 Å². The molecule has 152 valence electrons. The van der Waals surface area contributed by atoms with Gasteiger partial charge in [0.25, 0.3) is 0 Å². The van der Waals surface area contributed by atoms with Gasteiger partial charge in [-0.05, 0) is 38.5 Å². The second-order valence-corrected chi connectivity index (χ2v) is 7.84. The van der Waals surface area contributed by atoms with Gasteiger partial charge in [0.1, 0.15) is 0 Å². The van der Waals surface area contributed by atoms with Crippen molar-refractivity contribution in [2.45, 2.75) is 113 Å². The Morgan fingerprint density at radius 1 is 0.320 bits per heavy atom. The molecule has 3 aliphatic rings. The van der Waals surface area contributed by atoms with E-state index in [1.54, 1.807) is 0 Å². The maximum atomic E-state index is 5.65. The maximum absolute atomic E-state index is 5.65. The van der Waals surface area contributed by atoms with Crippen molar-refractivity contribution < 1.29 is 19.5 Å². The van der Waals surface area contributed by atoms with Gasteiger partial charge in [0.05, 0.1) is 0 Å². The molecule has 3 fully saturated rings. The van der Waals surface area contributed by atoms with E-state index in [0.717, 1.165) is 38.5 Å². The Kier molecular flexibility index (Phi) is 14.7. The van der Waals surface area contributed by atoms with Crippen LogP contribution in [0.3, 0.4) is 0 Å². The van der Waals surface area contributed by atoms with Crippen LogP contribution in [0.2, 0.25) is 0 Å². The summed E-state index contributed by atoms with van der Waals surface area (Å²) in [6.07, 6.45) is 14.4. The van der Waals surface area contributed by atoms with Gasteiger partial charge in [-0.2, -0.15) is 0 Å². The van der Waals surface area contributed by atoms with E-state index in [2.05, 4.69) is 0 Å². The van der Waals surface area contributed by atoms with Gasteiger partial charge >= 0.3 is 0 Å². The summed E-state index contributed by atoms with van der Waals surface area (Å²) in [5.74, 6) is 0. The van der Waals surface area contributed by atoms with E-state index in [-0.39, 0.29) is 55.7 Å². The van der Waals surface area contributed by atoms with Crippen LogP contribution >= 0.6 is 0 Å². The second kappa shape index (κ2) is 14.4. The molecule has 0 radical (unpaired) electrons. The zero-order valence-electron chi connectivity index (χ0n) is 15.8. The Morgan fingerprint density at radius 2 is 0.440 bits per heavy atom. The van der Waals surface area contributed by atoms with E-state index in [9.17, 15) is 0 Å². The first-order valence-electron chi connectivity index (χ1n) is 9.95. The molecule has 0 aromatic heterocycles. The van der Waals surface area contributed by atoms with E-state index in [0.29, 0.717) is 0 Å². The normalized spacial score (nSPS) is 38.2. The van der Waals surface area contributed by atoms with Gasteiger partial charge in [-0.15, -0.1) is 0 Å². The Hall–Kier alpha value is 0.383. The fourth-order valence-corrected chi connectivity index (χ4v) is 3.56. The molecule has 6 nitrogen and oxygen atoms in total. The molecule has 3 rings (SSSR count). The van der Waals surface area contributed by atoms with E-state index in [1.807, 2.05) is 0 Å². The van der Waals surface area contributed by atoms with Crippen LogP contribution in [0.1, 0.15) is 77.0 Å². The summed E-state index contributed by atoms with van der Waals surface area (Å²) in [6.45, 7) is 0. The van der Waals surface area contributed by atoms with E-state index in [4.69, 9.17) is 34.4 Å². The molecule has 0 aromatic carbocycles. The molecule has 7 heteroatoms. The van der Waals surface area contributed by atoms with Crippen LogP contribution in [0.15, 0.2) is 0 Å². The van der Waals surface area contributed by atoms with Gasteiger partial charge in [-0.25, -0.2) is 0 Å². The predicted octanol–water partition coefficient (Wildman–Crippen LogP) is 0.643. The summed E-state index contributed by atoms with van der Waals surface area (Å²) in [6, 6.07) is 1.69. The number of hydrogen-bond donors (Lipinski definition) is 6. The van der Waals surface area contributed by atoms with Crippen LogP contribution in [0, 0.1) is 0 Å². The predicted molar refractivity (Wildman–Crippen MR) is 103 cm³/mol. The minimum absolute atomic E-state index is 0. The van der Waals surface area contributed by atoms with Crippen LogP contribution in [-0.2, 0) is 19.5 Å². The first-order chi connectivity index (χ1) is 11.4. The molecule has 0 spiro atoms. The Balaban J connectivity index is 0.000000339. The summed E-state index contributed by atoms with van der Waals surface area (Å²) in [5, 5.41) is 0. The molecule has 0 amide bonds. The molecule has 25 heavy (non-hydrogen) atoms. The summed E-state index contributed by atoms with van der Waals surface area (Å²) in [4.78, 5) is 0. The van der Waals surface area contributed by atoms with Crippen LogP contribution in [0.4, 0.5) is 0 Å². The van der Waals surface area contributed by atoms with Crippen molar-refractivity contribution in [1.82, 2.24) is 0 Å². The second-order valence-electron chi connectivity index (χ2n) is 7.84. The number of rotatable bonds is 0.